The molecule has 3 nitrogen and oxygen atoms in total. The Kier molecular flexibility index (Phi) is 3.06. The highest BCUT2D eigenvalue weighted by Crippen LogP contribution is 2.13. The number of hydrogen-bond acceptors (Lipinski definition) is 2. The number of pyridine rings is 1. The van der Waals surface area contributed by atoms with Crippen molar-refractivity contribution in [3.05, 3.63) is 46.2 Å². The molecule has 0 saturated carbocycles. The van der Waals surface area contributed by atoms with E-state index < -0.39 is 0 Å². The molecular formula is C13H16N2O. The molecule has 0 aliphatic rings. The summed E-state index contributed by atoms with van der Waals surface area (Å²) >= 11 is 0. The molecule has 0 aliphatic heterocycles. The lowest BCUT2D eigenvalue weighted by Gasteiger charge is -2.09. The van der Waals surface area contributed by atoms with Crippen LogP contribution in [0.25, 0.3) is 10.9 Å². The summed E-state index contributed by atoms with van der Waals surface area (Å²) in [6.07, 6.45) is 2.75. The van der Waals surface area contributed by atoms with Gasteiger partial charge in [-0.15, -0.1) is 0 Å². The third-order valence-electron chi connectivity index (χ3n) is 2.82. The summed E-state index contributed by atoms with van der Waals surface area (Å²) in [6.45, 7) is 3.40. The maximum Gasteiger partial charge on any atom is 0.189 e. The molecular weight excluding hydrogens is 200 g/mol. The lowest BCUT2D eigenvalue weighted by molar-refractivity contribution is 0.728. The van der Waals surface area contributed by atoms with Gasteiger partial charge in [-0.3, -0.25) is 4.79 Å². The van der Waals surface area contributed by atoms with Gasteiger partial charge in [-0.1, -0.05) is 13.0 Å². The Bertz CT molecular complexity index is 557. The predicted molar refractivity (Wildman–Crippen MR) is 66.6 cm³/mol. The van der Waals surface area contributed by atoms with Crippen LogP contribution < -0.4 is 11.2 Å². The Morgan fingerprint density at radius 3 is 2.81 bits per heavy atom. The van der Waals surface area contributed by atoms with Gasteiger partial charge < -0.3 is 10.3 Å². The fraction of sp³-hybridized carbons (Fsp3) is 0.308. The van der Waals surface area contributed by atoms with Gasteiger partial charge in [-0.05, 0) is 24.1 Å². The Labute approximate surface area is 94.5 Å². The number of fused-ring (bicyclic) bond motifs is 1. The van der Waals surface area contributed by atoms with Gasteiger partial charge >= 0.3 is 0 Å². The summed E-state index contributed by atoms with van der Waals surface area (Å²) in [5.41, 5.74) is 7.79. The molecule has 0 aliphatic carbocycles. The van der Waals surface area contributed by atoms with E-state index in [9.17, 15) is 4.79 Å². The normalized spacial score (nSPS) is 10.9. The fourth-order valence-electron chi connectivity index (χ4n) is 1.91. The third-order valence-corrected chi connectivity index (χ3v) is 2.82. The second kappa shape index (κ2) is 4.49. The molecule has 0 bridgehead atoms. The summed E-state index contributed by atoms with van der Waals surface area (Å²) in [4.78, 5) is 11.8. The zero-order valence-electron chi connectivity index (χ0n) is 9.44. The minimum atomic E-state index is 0.0820. The number of rotatable bonds is 3. The highest BCUT2D eigenvalue weighted by Gasteiger charge is 2.02. The first-order valence-corrected chi connectivity index (χ1v) is 5.58. The van der Waals surface area contributed by atoms with Gasteiger partial charge in [0.15, 0.2) is 5.43 Å². The zero-order valence-corrected chi connectivity index (χ0v) is 9.44. The molecule has 2 N–H and O–H groups in total. The van der Waals surface area contributed by atoms with Crippen LogP contribution in [-0.4, -0.2) is 11.1 Å². The van der Waals surface area contributed by atoms with Crippen molar-refractivity contribution in [1.29, 1.82) is 0 Å². The molecule has 3 heteroatoms. The number of aromatic nitrogens is 1. The molecule has 1 aromatic carbocycles. The van der Waals surface area contributed by atoms with Gasteiger partial charge in [0.25, 0.3) is 0 Å². The summed E-state index contributed by atoms with van der Waals surface area (Å²) in [5.74, 6) is 0. The summed E-state index contributed by atoms with van der Waals surface area (Å²) in [6, 6.07) is 7.65. The summed E-state index contributed by atoms with van der Waals surface area (Å²) in [7, 11) is 0. The molecule has 0 fully saturated rings. The standard InChI is InChI=1S/C13H16N2O/c1-2-10-3-4-12-11(9-10)13(16)5-7-15(12)8-6-14/h3-5,7,9H,2,6,8,14H2,1H3. The Hall–Kier alpha value is -1.61. The largest absolute Gasteiger partial charge is 0.346 e. The zero-order chi connectivity index (χ0) is 11.5. The number of nitrogens with zero attached hydrogens (tertiary/aromatic N) is 1. The van der Waals surface area contributed by atoms with Crippen molar-refractivity contribution >= 4 is 10.9 Å². The first kappa shape index (κ1) is 10.9. The number of nitrogens with two attached hydrogens (primary N) is 1. The minimum absolute atomic E-state index is 0.0820. The Balaban J connectivity index is 2.70. The van der Waals surface area contributed by atoms with E-state index in [2.05, 4.69) is 13.0 Å². The quantitative estimate of drug-likeness (QED) is 0.845. The van der Waals surface area contributed by atoms with Gasteiger partial charge in [-0.2, -0.15) is 0 Å². The van der Waals surface area contributed by atoms with E-state index in [-0.39, 0.29) is 5.43 Å². The van der Waals surface area contributed by atoms with Gasteiger partial charge in [-0.25, -0.2) is 0 Å². The molecule has 0 spiro atoms. The molecule has 16 heavy (non-hydrogen) atoms. The number of hydrogen-bond donors (Lipinski definition) is 1. The molecule has 0 amide bonds. The van der Waals surface area contributed by atoms with E-state index in [1.165, 1.54) is 5.56 Å². The first-order chi connectivity index (χ1) is 7.76. The lowest BCUT2D eigenvalue weighted by Crippen LogP contribution is -2.13. The average Bonchev–Trinajstić information content (AvgIpc) is 2.33. The van der Waals surface area contributed by atoms with Crippen LogP contribution in [0.5, 0.6) is 0 Å². The monoisotopic (exact) mass is 216 g/mol. The molecule has 0 unspecified atom stereocenters. The molecule has 0 saturated heterocycles. The second-order valence-electron chi connectivity index (χ2n) is 3.87. The van der Waals surface area contributed by atoms with Gasteiger partial charge in [0.05, 0.1) is 5.52 Å². The summed E-state index contributed by atoms with van der Waals surface area (Å²) in [5, 5.41) is 0.787. The van der Waals surface area contributed by atoms with Crippen LogP contribution in [0.2, 0.25) is 0 Å². The minimum Gasteiger partial charge on any atom is -0.346 e. The first-order valence-electron chi connectivity index (χ1n) is 5.58. The van der Waals surface area contributed by atoms with Crippen LogP contribution in [0.1, 0.15) is 12.5 Å². The lowest BCUT2D eigenvalue weighted by atomic mass is 10.1. The Morgan fingerprint density at radius 1 is 1.31 bits per heavy atom. The van der Waals surface area contributed by atoms with E-state index in [0.717, 1.165) is 23.9 Å². The molecule has 2 aromatic rings. The smallest absolute Gasteiger partial charge is 0.189 e. The molecule has 0 atom stereocenters. The predicted octanol–water partition coefficient (Wildman–Crippen LogP) is 1.52. The van der Waals surface area contributed by atoms with Crippen LogP contribution in [0, 0.1) is 0 Å². The molecule has 84 valence electrons. The van der Waals surface area contributed by atoms with E-state index in [1.807, 2.05) is 22.9 Å². The van der Waals surface area contributed by atoms with Crippen molar-refractivity contribution < 1.29 is 0 Å². The average molecular weight is 216 g/mol. The third kappa shape index (κ3) is 1.86. The molecule has 0 radical (unpaired) electrons. The summed E-state index contributed by atoms with van der Waals surface area (Å²) < 4.78 is 2.02. The molecule has 1 heterocycles. The maximum absolute atomic E-state index is 11.8. The van der Waals surface area contributed by atoms with Gasteiger partial charge in [0.2, 0.25) is 0 Å². The van der Waals surface area contributed by atoms with Crippen molar-refractivity contribution in [2.75, 3.05) is 6.54 Å². The number of aryl methyl sites for hydroxylation is 1. The number of benzene rings is 1. The van der Waals surface area contributed by atoms with Crippen LogP contribution in [-0.2, 0) is 13.0 Å². The Morgan fingerprint density at radius 2 is 2.12 bits per heavy atom. The van der Waals surface area contributed by atoms with Crippen molar-refractivity contribution in [3.8, 4) is 0 Å². The van der Waals surface area contributed by atoms with Gasteiger partial charge in [0, 0.05) is 30.7 Å². The van der Waals surface area contributed by atoms with Crippen molar-refractivity contribution in [2.24, 2.45) is 5.73 Å². The van der Waals surface area contributed by atoms with Crippen molar-refractivity contribution in [2.45, 2.75) is 19.9 Å². The van der Waals surface area contributed by atoms with Crippen LogP contribution in [0.3, 0.4) is 0 Å². The topological polar surface area (TPSA) is 48.0 Å². The fourth-order valence-corrected chi connectivity index (χ4v) is 1.91. The van der Waals surface area contributed by atoms with Crippen molar-refractivity contribution in [3.63, 3.8) is 0 Å². The van der Waals surface area contributed by atoms with E-state index in [4.69, 9.17) is 5.73 Å². The molecule has 2 rings (SSSR count). The maximum atomic E-state index is 11.8. The SMILES string of the molecule is CCc1ccc2c(c1)c(=O)ccn2CCN. The van der Waals surface area contributed by atoms with E-state index >= 15 is 0 Å². The highest BCUT2D eigenvalue weighted by molar-refractivity contribution is 5.79. The highest BCUT2D eigenvalue weighted by atomic mass is 16.1. The van der Waals surface area contributed by atoms with Crippen LogP contribution in [0.4, 0.5) is 0 Å². The van der Waals surface area contributed by atoms with E-state index in [1.54, 1.807) is 6.07 Å². The van der Waals surface area contributed by atoms with E-state index in [0.29, 0.717) is 6.54 Å². The van der Waals surface area contributed by atoms with Crippen LogP contribution in [0.15, 0.2) is 35.3 Å². The van der Waals surface area contributed by atoms with Crippen LogP contribution >= 0.6 is 0 Å². The molecule has 1 aromatic heterocycles. The second-order valence-corrected chi connectivity index (χ2v) is 3.87. The van der Waals surface area contributed by atoms with Crippen molar-refractivity contribution in [1.82, 2.24) is 4.57 Å². The van der Waals surface area contributed by atoms with Gasteiger partial charge in [0.1, 0.15) is 0 Å².